The molecule has 0 amide bonds. The van der Waals surface area contributed by atoms with E-state index in [1.165, 1.54) is 10.4 Å². The van der Waals surface area contributed by atoms with Crippen molar-refractivity contribution in [2.75, 3.05) is 5.32 Å². The van der Waals surface area contributed by atoms with Crippen molar-refractivity contribution >= 4 is 27.9 Å². The maximum absolute atomic E-state index is 9.52. The van der Waals surface area contributed by atoms with E-state index < -0.39 is 0 Å². The number of aliphatic hydroxyl groups is 1. The van der Waals surface area contributed by atoms with Crippen LogP contribution in [0.15, 0.2) is 35.7 Å². The number of aliphatic hydroxyl groups excluding tert-OH is 1. The minimum Gasteiger partial charge on any atom is -0.392 e. The Kier molecular flexibility index (Phi) is 3.90. The Morgan fingerprint density at radius 1 is 1.24 bits per heavy atom. The molecular weight excluding hydrogens is 280 g/mol. The summed E-state index contributed by atoms with van der Waals surface area (Å²) in [6.45, 7) is 4.92. The van der Waals surface area contributed by atoms with Crippen LogP contribution in [0.1, 0.15) is 21.7 Å². The summed E-state index contributed by atoms with van der Waals surface area (Å²) in [6.07, 6.45) is 0. The summed E-state index contributed by atoms with van der Waals surface area (Å²) in [5.74, 6) is 0. The van der Waals surface area contributed by atoms with Crippen molar-refractivity contribution in [1.29, 1.82) is 0 Å². The van der Waals surface area contributed by atoms with Gasteiger partial charge in [-0.15, -0.1) is 11.3 Å². The summed E-state index contributed by atoms with van der Waals surface area (Å²) in [6, 6.07) is 10.1. The SMILES string of the molecule is Cc1cc(CO)c2cccc(NCc3sccc3C)c2n1. The fourth-order valence-corrected chi connectivity index (χ4v) is 3.34. The lowest BCUT2D eigenvalue weighted by molar-refractivity contribution is 0.283. The molecule has 0 radical (unpaired) electrons. The second kappa shape index (κ2) is 5.84. The maximum atomic E-state index is 9.52. The molecule has 0 atom stereocenters. The van der Waals surface area contributed by atoms with Gasteiger partial charge in [0.15, 0.2) is 0 Å². The van der Waals surface area contributed by atoms with E-state index in [2.05, 4.69) is 28.7 Å². The van der Waals surface area contributed by atoms with Crippen LogP contribution in [-0.2, 0) is 13.2 Å². The van der Waals surface area contributed by atoms with Crippen molar-refractivity contribution < 1.29 is 5.11 Å². The molecule has 1 aromatic carbocycles. The van der Waals surface area contributed by atoms with Gasteiger partial charge in [-0.1, -0.05) is 12.1 Å². The molecule has 0 unspecified atom stereocenters. The standard InChI is InChI=1S/C17H18N2OS/c1-11-6-7-21-16(11)9-18-15-5-3-4-14-13(10-20)8-12(2)19-17(14)15/h3-8,18,20H,9-10H2,1-2H3. The summed E-state index contributed by atoms with van der Waals surface area (Å²) in [4.78, 5) is 5.97. The van der Waals surface area contributed by atoms with Crippen LogP contribution in [0.2, 0.25) is 0 Å². The summed E-state index contributed by atoms with van der Waals surface area (Å²) < 4.78 is 0. The normalized spacial score (nSPS) is 11.0. The Hall–Kier alpha value is -1.91. The van der Waals surface area contributed by atoms with E-state index in [-0.39, 0.29) is 6.61 Å². The van der Waals surface area contributed by atoms with Gasteiger partial charge >= 0.3 is 0 Å². The number of rotatable bonds is 4. The first-order valence-electron chi connectivity index (χ1n) is 6.96. The topological polar surface area (TPSA) is 45.1 Å². The molecule has 2 heterocycles. The Bertz CT molecular complexity index is 780. The Morgan fingerprint density at radius 2 is 2.10 bits per heavy atom. The first-order valence-corrected chi connectivity index (χ1v) is 7.84. The van der Waals surface area contributed by atoms with Crippen molar-refractivity contribution in [2.45, 2.75) is 27.0 Å². The summed E-state index contributed by atoms with van der Waals surface area (Å²) >= 11 is 1.76. The van der Waals surface area contributed by atoms with Gasteiger partial charge in [0, 0.05) is 22.5 Å². The van der Waals surface area contributed by atoms with Crippen LogP contribution in [-0.4, -0.2) is 10.1 Å². The van der Waals surface area contributed by atoms with E-state index in [0.29, 0.717) is 0 Å². The molecular formula is C17H18N2OS. The number of aromatic nitrogens is 1. The van der Waals surface area contributed by atoms with Crippen LogP contribution in [0.25, 0.3) is 10.9 Å². The van der Waals surface area contributed by atoms with E-state index in [1.807, 2.05) is 31.2 Å². The van der Waals surface area contributed by atoms with Crippen molar-refractivity contribution in [2.24, 2.45) is 0 Å². The maximum Gasteiger partial charge on any atom is 0.0940 e. The first-order chi connectivity index (χ1) is 10.2. The molecule has 0 aliphatic carbocycles. The van der Waals surface area contributed by atoms with Gasteiger partial charge in [0.25, 0.3) is 0 Å². The van der Waals surface area contributed by atoms with Crippen molar-refractivity contribution in [3.63, 3.8) is 0 Å². The van der Waals surface area contributed by atoms with Crippen LogP contribution in [0.3, 0.4) is 0 Å². The van der Waals surface area contributed by atoms with E-state index >= 15 is 0 Å². The monoisotopic (exact) mass is 298 g/mol. The molecule has 21 heavy (non-hydrogen) atoms. The zero-order chi connectivity index (χ0) is 14.8. The Labute approximate surface area is 128 Å². The molecule has 3 aromatic rings. The molecule has 0 saturated heterocycles. The number of benzene rings is 1. The molecule has 0 fully saturated rings. The largest absolute Gasteiger partial charge is 0.392 e. The Morgan fingerprint density at radius 3 is 2.81 bits per heavy atom. The van der Waals surface area contributed by atoms with Gasteiger partial charge in [0.2, 0.25) is 0 Å². The minimum atomic E-state index is 0.0351. The zero-order valence-corrected chi connectivity index (χ0v) is 13.0. The minimum absolute atomic E-state index is 0.0351. The lowest BCUT2D eigenvalue weighted by atomic mass is 10.1. The lowest BCUT2D eigenvalue weighted by Crippen LogP contribution is -2.01. The Balaban J connectivity index is 1.99. The van der Waals surface area contributed by atoms with Gasteiger partial charge in [-0.25, -0.2) is 0 Å². The van der Waals surface area contributed by atoms with Gasteiger partial charge < -0.3 is 10.4 Å². The smallest absolute Gasteiger partial charge is 0.0940 e. The molecule has 3 nitrogen and oxygen atoms in total. The van der Waals surface area contributed by atoms with Crippen LogP contribution in [0, 0.1) is 13.8 Å². The van der Waals surface area contributed by atoms with Crippen LogP contribution in [0.5, 0.6) is 0 Å². The highest BCUT2D eigenvalue weighted by Crippen LogP contribution is 2.26. The molecule has 2 N–H and O–H groups in total. The van der Waals surface area contributed by atoms with E-state index in [1.54, 1.807) is 11.3 Å². The molecule has 3 rings (SSSR count). The number of para-hydroxylation sites is 1. The summed E-state index contributed by atoms with van der Waals surface area (Å²) in [5, 5.41) is 16.1. The highest BCUT2D eigenvalue weighted by atomic mass is 32.1. The fraction of sp³-hybridized carbons (Fsp3) is 0.235. The number of fused-ring (bicyclic) bond motifs is 1. The average molecular weight is 298 g/mol. The summed E-state index contributed by atoms with van der Waals surface area (Å²) in [5.41, 5.74) is 5.10. The number of thiophene rings is 1. The van der Waals surface area contributed by atoms with Crippen LogP contribution >= 0.6 is 11.3 Å². The number of anilines is 1. The van der Waals surface area contributed by atoms with E-state index in [9.17, 15) is 5.11 Å². The second-order valence-corrected chi connectivity index (χ2v) is 6.16. The molecule has 0 aliphatic heterocycles. The first kappa shape index (κ1) is 14.0. The number of pyridine rings is 1. The average Bonchev–Trinajstić information content (AvgIpc) is 2.89. The van der Waals surface area contributed by atoms with Gasteiger partial charge in [-0.3, -0.25) is 4.98 Å². The third kappa shape index (κ3) is 2.77. The van der Waals surface area contributed by atoms with Crippen LogP contribution < -0.4 is 5.32 Å². The second-order valence-electron chi connectivity index (χ2n) is 5.16. The predicted octanol–water partition coefficient (Wildman–Crippen LogP) is 4.02. The molecule has 0 spiro atoms. The van der Waals surface area contributed by atoms with Crippen LogP contribution in [0.4, 0.5) is 5.69 Å². The highest BCUT2D eigenvalue weighted by molar-refractivity contribution is 7.10. The third-order valence-electron chi connectivity index (χ3n) is 3.63. The molecule has 2 aromatic heterocycles. The molecule has 0 bridgehead atoms. The van der Waals surface area contributed by atoms with Gasteiger partial charge in [0.05, 0.1) is 17.8 Å². The van der Waals surface area contributed by atoms with Crippen molar-refractivity contribution in [3.05, 3.63) is 57.4 Å². The van der Waals surface area contributed by atoms with Crippen molar-refractivity contribution in [1.82, 2.24) is 4.98 Å². The molecule has 0 saturated carbocycles. The molecule has 4 heteroatoms. The highest BCUT2D eigenvalue weighted by Gasteiger charge is 2.08. The lowest BCUT2D eigenvalue weighted by Gasteiger charge is -2.12. The number of nitrogens with one attached hydrogen (secondary N) is 1. The third-order valence-corrected chi connectivity index (χ3v) is 4.65. The number of hydrogen-bond acceptors (Lipinski definition) is 4. The van der Waals surface area contributed by atoms with Crippen molar-refractivity contribution in [3.8, 4) is 0 Å². The summed E-state index contributed by atoms with van der Waals surface area (Å²) in [7, 11) is 0. The molecule has 0 aliphatic rings. The number of hydrogen-bond donors (Lipinski definition) is 2. The quantitative estimate of drug-likeness (QED) is 0.764. The van der Waals surface area contributed by atoms with Gasteiger partial charge in [-0.2, -0.15) is 0 Å². The van der Waals surface area contributed by atoms with Gasteiger partial charge in [-0.05, 0) is 48.6 Å². The predicted molar refractivity (Wildman–Crippen MR) is 88.8 cm³/mol. The molecule has 108 valence electrons. The zero-order valence-electron chi connectivity index (χ0n) is 12.2. The van der Waals surface area contributed by atoms with E-state index in [0.717, 1.165) is 34.4 Å². The van der Waals surface area contributed by atoms with Gasteiger partial charge in [0.1, 0.15) is 0 Å². The fourth-order valence-electron chi connectivity index (χ4n) is 2.50. The number of aryl methyl sites for hydroxylation is 2. The number of nitrogens with zero attached hydrogens (tertiary/aromatic N) is 1. The van der Waals surface area contributed by atoms with E-state index in [4.69, 9.17) is 0 Å².